The van der Waals surface area contributed by atoms with Crippen molar-refractivity contribution in [3.63, 3.8) is 0 Å². The lowest BCUT2D eigenvalue weighted by atomic mass is 10.0. The van der Waals surface area contributed by atoms with E-state index in [1.165, 1.54) is 28.8 Å². The molecule has 0 aliphatic heterocycles. The van der Waals surface area contributed by atoms with Crippen molar-refractivity contribution in [2.24, 2.45) is 11.7 Å². The zero-order valence-electron chi connectivity index (χ0n) is 22.0. The van der Waals surface area contributed by atoms with Crippen molar-refractivity contribution in [1.29, 1.82) is 0 Å². The van der Waals surface area contributed by atoms with E-state index in [9.17, 15) is 18.0 Å². The van der Waals surface area contributed by atoms with Crippen molar-refractivity contribution < 1.29 is 22.7 Å². The Morgan fingerprint density at radius 3 is 2.24 bits per heavy atom. The molecule has 0 aliphatic rings. The molecule has 8 nitrogen and oxygen atoms in total. The minimum absolute atomic E-state index is 0.0138. The van der Waals surface area contributed by atoms with Gasteiger partial charge in [-0.25, -0.2) is 17.8 Å². The second-order valence-electron chi connectivity index (χ2n) is 10.5. The Morgan fingerprint density at radius 2 is 1.70 bits per heavy atom. The number of aromatic nitrogens is 1. The molecule has 2 aromatic carbocycles. The third-order valence-electron chi connectivity index (χ3n) is 5.76. The maximum Gasteiger partial charge on any atom is 0.419 e. The molecule has 2 N–H and O–H groups in total. The SMILES string of the molecule is Cc1cc2cc(CN([C@H](CC(C)C)C(N)=O)S(=O)(=O)c3ccc(Cl)cc3)ccc2n1C(=O)OC(C)(C)C. The van der Waals surface area contributed by atoms with E-state index in [1.807, 2.05) is 19.9 Å². The molecule has 0 bridgehead atoms. The number of hydrogen-bond acceptors (Lipinski definition) is 5. The Balaban J connectivity index is 2.07. The van der Waals surface area contributed by atoms with Crippen LogP contribution >= 0.6 is 11.6 Å². The van der Waals surface area contributed by atoms with Crippen LogP contribution in [0.15, 0.2) is 53.4 Å². The number of hydrogen-bond donors (Lipinski definition) is 1. The van der Waals surface area contributed by atoms with Gasteiger partial charge in [0.05, 0.1) is 10.4 Å². The van der Waals surface area contributed by atoms with Gasteiger partial charge in [0.25, 0.3) is 0 Å². The summed E-state index contributed by atoms with van der Waals surface area (Å²) in [5.41, 5.74) is 7.02. The van der Waals surface area contributed by atoms with E-state index in [4.69, 9.17) is 22.1 Å². The number of aryl methyl sites for hydroxylation is 1. The fourth-order valence-electron chi connectivity index (χ4n) is 4.16. The van der Waals surface area contributed by atoms with Gasteiger partial charge in [0.2, 0.25) is 15.9 Å². The first-order chi connectivity index (χ1) is 17.1. The number of sulfonamides is 1. The van der Waals surface area contributed by atoms with Crippen molar-refractivity contribution >= 4 is 44.5 Å². The summed E-state index contributed by atoms with van der Waals surface area (Å²) in [4.78, 5) is 25.3. The van der Waals surface area contributed by atoms with Gasteiger partial charge in [-0.05, 0) is 88.1 Å². The van der Waals surface area contributed by atoms with Crippen LogP contribution in [-0.2, 0) is 26.1 Å². The van der Waals surface area contributed by atoms with E-state index < -0.39 is 33.7 Å². The van der Waals surface area contributed by atoms with Crippen LogP contribution in [0.5, 0.6) is 0 Å². The Labute approximate surface area is 223 Å². The summed E-state index contributed by atoms with van der Waals surface area (Å²) in [5.74, 6) is -0.701. The first-order valence-electron chi connectivity index (χ1n) is 12.0. The standard InChI is InChI=1S/C27H34ClN3O5S/c1-17(2)13-24(25(29)32)30(37(34,35)22-10-8-21(28)9-11-22)16-19-7-12-23-20(15-19)14-18(3)31(23)26(33)36-27(4,5)6/h7-12,14-15,17,24H,13,16H2,1-6H3,(H2,29,32)/t24-/m1/s1. The Bertz CT molecular complexity index is 1410. The highest BCUT2D eigenvalue weighted by atomic mass is 35.5. The second kappa shape index (κ2) is 10.8. The first-order valence-corrected chi connectivity index (χ1v) is 13.8. The van der Waals surface area contributed by atoms with E-state index in [0.29, 0.717) is 21.8 Å². The average molecular weight is 548 g/mol. The molecule has 10 heteroatoms. The third kappa shape index (κ3) is 6.71. The lowest BCUT2D eigenvalue weighted by Crippen LogP contribution is -2.48. The van der Waals surface area contributed by atoms with Crippen molar-refractivity contribution in [3.8, 4) is 0 Å². The van der Waals surface area contributed by atoms with Gasteiger partial charge in [-0.3, -0.25) is 4.79 Å². The number of carbonyl (C=O) groups excluding carboxylic acids is 2. The van der Waals surface area contributed by atoms with Gasteiger partial charge in [0.1, 0.15) is 11.6 Å². The third-order valence-corrected chi connectivity index (χ3v) is 7.88. The first kappa shape index (κ1) is 28.7. The topological polar surface area (TPSA) is 112 Å². The van der Waals surface area contributed by atoms with Crippen molar-refractivity contribution in [2.75, 3.05) is 0 Å². The molecule has 1 amide bonds. The molecule has 0 aliphatic carbocycles. The van der Waals surface area contributed by atoms with Crippen molar-refractivity contribution in [1.82, 2.24) is 8.87 Å². The lowest BCUT2D eigenvalue weighted by Gasteiger charge is -2.30. The number of carbonyl (C=O) groups is 2. The number of rotatable bonds is 8. The molecule has 0 saturated carbocycles. The summed E-state index contributed by atoms with van der Waals surface area (Å²) in [6.07, 6.45) is -0.233. The van der Waals surface area contributed by atoms with E-state index in [-0.39, 0.29) is 23.8 Å². The molecular formula is C27H34ClN3O5S. The summed E-state index contributed by atoms with van der Waals surface area (Å²) in [6, 6.07) is 11.9. The molecule has 0 radical (unpaired) electrons. The second-order valence-corrected chi connectivity index (χ2v) is 12.9. The highest BCUT2D eigenvalue weighted by Crippen LogP contribution is 2.28. The van der Waals surface area contributed by atoms with Crippen LogP contribution in [0.4, 0.5) is 4.79 Å². The molecule has 0 saturated heterocycles. The summed E-state index contributed by atoms with van der Waals surface area (Å²) in [5, 5.41) is 1.14. The molecule has 0 spiro atoms. The highest BCUT2D eigenvalue weighted by Gasteiger charge is 2.35. The lowest BCUT2D eigenvalue weighted by molar-refractivity contribution is -0.122. The number of benzene rings is 2. The molecule has 37 heavy (non-hydrogen) atoms. The normalized spacial score (nSPS) is 13.3. The Hall–Kier alpha value is -2.88. The van der Waals surface area contributed by atoms with Gasteiger partial charge in [0.15, 0.2) is 0 Å². The molecule has 0 unspecified atom stereocenters. The fraction of sp³-hybridized carbons (Fsp3) is 0.407. The molecule has 1 atom stereocenters. The largest absolute Gasteiger partial charge is 0.443 e. The van der Waals surface area contributed by atoms with Gasteiger partial charge >= 0.3 is 6.09 Å². The monoisotopic (exact) mass is 547 g/mol. The van der Waals surface area contributed by atoms with Crippen LogP contribution in [0, 0.1) is 12.8 Å². The fourth-order valence-corrected chi connectivity index (χ4v) is 5.88. The zero-order valence-corrected chi connectivity index (χ0v) is 23.6. The van der Waals surface area contributed by atoms with E-state index in [2.05, 4.69) is 0 Å². The van der Waals surface area contributed by atoms with Gasteiger partial charge in [-0.2, -0.15) is 4.31 Å². The Morgan fingerprint density at radius 1 is 1.08 bits per heavy atom. The van der Waals surface area contributed by atoms with E-state index >= 15 is 0 Å². The summed E-state index contributed by atoms with van der Waals surface area (Å²) in [6.45, 7) is 10.9. The van der Waals surface area contributed by atoms with Crippen molar-refractivity contribution in [3.05, 3.63) is 64.8 Å². The number of halogens is 1. The van der Waals surface area contributed by atoms with Crippen LogP contribution in [0.2, 0.25) is 5.02 Å². The van der Waals surface area contributed by atoms with Crippen molar-refractivity contribution in [2.45, 2.75) is 71.0 Å². The molecule has 0 fully saturated rings. The minimum atomic E-state index is -4.10. The molecule has 200 valence electrons. The number of ether oxygens (including phenoxy) is 1. The summed E-state index contributed by atoms with van der Waals surface area (Å²) in [7, 11) is -4.10. The van der Waals surface area contributed by atoms with Gasteiger partial charge in [0, 0.05) is 22.6 Å². The van der Waals surface area contributed by atoms with E-state index in [0.717, 1.165) is 9.69 Å². The van der Waals surface area contributed by atoms with Crippen LogP contribution < -0.4 is 5.73 Å². The minimum Gasteiger partial charge on any atom is -0.443 e. The number of primary amides is 1. The smallest absolute Gasteiger partial charge is 0.419 e. The number of nitrogens with two attached hydrogens (primary N) is 1. The molecule has 1 heterocycles. The summed E-state index contributed by atoms with van der Waals surface area (Å²) < 4.78 is 35.6. The van der Waals surface area contributed by atoms with Crippen LogP contribution in [0.3, 0.4) is 0 Å². The predicted octanol–water partition coefficient (Wildman–Crippen LogP) is 5.48. The van der Waals surface area contributed by atoms with Crippen LogP contribution in [-0.4, -0.2) is 40.9 Å². The number of nitrogens with zero attached hydrogens (tertiary/aromatic N) is 2. The average Bonchev–Trinajstić information content (AvgIpc) is 3.09. The predicted molar refractivity (Wildman–Crippen MR) is 145 cm³/mol. The number of fused-ring (bicyclic) bond motifs is 1. The maximum absolute atomic E-state index is 13.7. The van der Waals surface area contributed by atoms with Gasteiger partial charge < -0.3 is 10.5 Å². The zero-order chi connectivity index (χ0) is 27.7. The molecule has 1 aromatic heterocycles. The van der Waals surface area contributed by atoms with Crippen LogP contribution in [0.1, 0.15) is 52.3 Å². The molecule has 3 rings (SSSR count). The van der Waals surface area contributed by atoms with Gasteiger partial charge in [-0.15, -0.1) is 0 Å². The van der Waals surface area contributed by atoms with E-state index in [1.54, 1.807) is 45.9 Å². The highest BCUT2D eigenvalue weighted by molar-refractivity contribution is 7.89. The molecular weight excluding hydrogens is 514 g/mol. The molecule has 3 aromatic rings. The summed E-state index contributed by atoms with van der Waals surface area (Å²) >= 11 is 5.96. The quantitative estimate of drug-likeness (QED) is 0.401. The Kier molecular flexibility index (Phi) is 8.41. The van der Waals surface area contributed by atoms with Gasteiger partial charge in [-0.1, -0.05) is 31.5 Å². The van der Waals surface area contributed by atoms with Crippen LogP contribution in [0.25, 0.3) is 10.9 Å². The maximum atomic E-state index is 13.7. The number of amides is 1.